The lowest BCUT2D eigenvalue weighted by Crippen LogP contribution is -2.28. The molecular weight excluding hydrogens is 447 g/mol. The number of hydrogen-bond donors (Lipinski definition) is 1. The average molecular weight is 473 g/mol. The van der Waals surface area contributed by atoms with Crippen molar-refractivity contribution >= 4 is 21.6 Å². The van der Waals surface area contributed by atoms with E-state index in [1.165, 1.54) is 57.7 Å². The van der Waals surface area contributed by atoms with Crippen molar-refractivity contribution in [3.63, 3.8) is 0 Å². The summed E-state index contributed by atoms with van der Waals surface area (Å²) in [5.74, 6) is -0.402. The smallest absolute Gasteiger partial charge is 0.264 e. The number of nitrogens with zero attached hydrogens (tertiary/aromatic N) is 1. The van der Waals surface area contributed by atoms with E-state index in [1.807, 2.05) is 0 Å². The zero-order valence-electron chi connectivity index (χ0n) is 18.7. The summed E-state index contributed by atoms with van der Waals surface area (Å²) in [5, 5.41) is 2.78. The fraction of sp³-hybridized carbons (Fsp3) is 0.208. The zero-order chi connectivity index (χ0) is 24.2. The molecule has 7 nitrogen and oxygen atoms in total. The summed E-state index contributed by atoms with van der Waals surface area (Å²) in [4.78, 5) is 12.7. The molecular formula is C24H25FN2O5S. The SMILES string of the molecule is COc1ccc(C(C)NC(=O)c2ccc(S(=O)(=O)N(C)c3ccccc3OC)cc2)cc1F. The van der Waals surface area contributed by atoms with E-state index >= 15 is 0 Å². The first-order chi connectivity index (χ1) is 15.7. The zero-order valence-corrected chi connectivity index (χ0v) is 19.5. The van der Waals surface area contributed by atoms with Gasteiger partial charge in [0.2, 0.25) is 0 Å². The molecule has 0 aliphatic heterocycles. The van der Waals surface area contributed by atoms with E-state index in [2.05, 4.69) is 5.32 Å². The summed E-state index contributed by atoms with van der Waals surface area (Å²) in [6, 6.07) is 16.4. The van der Waals surface area contributed by atoms with Crippen molar-refractivity contribution in [3.8, 4) is 11.5 Å². The average Bonchev–Trinajstić information content (AvgIpc) is 2.83. The lowest BCUT2D eigenvalue weighted by Gasteiger charge is -2.21. The summed E-state index contributed by atoms with van der Waals surface area (Å²) < 4.78 is 51.3. The Hall–Kier alpha value is -3.59. The highest BCUT2D eigenvalue weighted by Crippen LogP contribution is 2.31. The number of nitrogens with one attached hydrogen (secondary N) is 1. The molecule has 0 fully saturated rings. The largest absolute Gasteiger partial charge is 0.495 e. The van der Waals surface area contributed by atoms with Crippen molar-refractivity contribution in [3.05, 3.63) is 83.7 Å². The fourth-order valence-corrected chi connectivity index (χ4v) is 4.48. The quantitative estimate of drug-likeness (QED) is 0.532. The molecule has 0 radical (unpaired) electrons. The molecule has 1 atom stereocenters. The maximum Gasteiger partial charge on any atom is 0.264 e. The van der Waals surface area contributed by atoms with Crippen LogP contribution in [0.2, 0.25) is 0 Å². The van der Waals surface area contributed by atoms with Gasteiger partial charge in [-0.3, -0.25) is 9.10 Å². The van der Waals surface area contributed by atoms with Gasteiger partial charge in [-0.15, -0.1) is 0 Å². The molecule has 0 saturated carbocycles. The molecule has 0 aliphatic carbocycles. The molecule has 1 unspecified atom stereocenters. The van der Waals surface area contributed by atoms with Gasteiger partial charge < -0.3 is 14.8 Å². The molecule has 0 saturated heterocycles. The number of methoxy groups -OCH3 is 2. The number of sulfonamides is 1. The van der Waals surface area contributed by atoms with E-state index in [9.17, 15) is 17.6 Å². The van der Waals surface area contributed by atoms with E-state index in [4.69, 9.17) is 9.47 Å². The highest BCUT2D eigenvalue weighted by molar-refractivity contribution is 7.92. The van der Waals surface area contributed by atoms with Gasteiger partial charge in [-0.2, -0.15) is 0 Å². The maximum absolute atomic E-state index is 14.0. The number of hydrogen-bond acceptors (Lipinski definition) is 5. The van der Waals surface area contributed by atoms with Crippen LogP contribution in [-0.2, 0) is 10.0 Å². The van der Waals surface area contributed by atoms with Gasteiger partial charge in [0.25, 0.3) is 15.9 Å². The minimum absolute atomic E-state index is 0.0257. The number of rotatable bonds is 8. The van der Waals surface area contributed by atoms with Gasteiger partial charge >= 0.3 is 0 Å². The topological polar surface area (TPSA) is 84.9 Å². The number of benzene rings is 3. The van der Waals surface area contributed by atoms with Crippen molar-refractivity contribution in [2.24, 2.45) is 0 Å². The third-order valence-electron chi connectivity index (χ3n) is 5.22. The number of ether oxygens (including phenoxy) is 2. The molecule has 3 rings (SSSR count). The van der Waals surface area contributed by atoms with Crippen LogP contribution in [0.15, 0.2) is 71.6 Å². The molecule has 3 aromatic rings. The summed E-state index contributed by atoms with van der Waals surface area (Å²) in [5.41, 5.74) is 1.23. The van der Waals surface area contributed by atoms with Crippen molar-refractivity contribution < 1.29 is 27.1 Å². The standard InChI is InChI=1S/C24H25FN2O5S/c1-16(18-11-14-22(31-3)20(25)15-18)26-24(28)17-9-12-19(13-10-17)33(29,30)27(2)21-7-5-6-8-23(21)32-4/h5-16H,1-4H3,(H,26,28). The second-order valence-corrected chi connectivity index (χ2v) is 9.23. The Kier molecular flexibility index (Phi) is 7.23. The van der Waals surface area contributed by atoms with Gasteiger partial charge in [0.1, 0.15) is 5.75 Å². The molecule has 1 amide bonds. The van der Waals surface area contributed by atoms with E-state index in [1.54, 1.807) is 37.3 Å². The fourth-order valence-electron chi connectivity index (χ4n) is 3.27. The molecule has 33 heavy (non-hydrogen) atoms. The van der Waals surface area contributed by atoms with Crippen LogP contribution < -0.4 is 19.1 Å². The van der Waals surface area contributed by atoms with Crippen molar-refractivity contribution in [1.29, 1.82) is 0 Å². The third-order valence-corrected chi connectivity index (χ3v) is 7.01. The number of amides is 1. The van der Waals surface area contributed by atoms with Gasteiger partial charge in [0.05, 0.1) is 30.8 Å². The predicted molar refractivity (Wildman–Crippen MR) is 124 cm³/mol. The van der Waals surface area contributed by atoms with Gasteiger partial charge in [-0.25, -0.2) is 12.8 Å². The highest BCUT2D eigenvalue weighted by Gasteiger charge is 2.24. The van der Waals surface area contributed by atoms with Crippen LogP contribution in [0, 0.1) is 5.82 Å². The molecule has 1 N–H and O–H groups in total. The Labute approximate surface area is 192 Å². The Balaban J connectivity index is 1.76. The molecule has 3 aromatic carbocycles. The van der Waals surface area contributed by atoms with Crippen molar-refractivity contribution in [1.82, 2.24) is 5.32 Å². The normalized spacial score (nSPS) is 12.0. The highest BCUT2D eigenvalue weighted by atomic mass is 32.2. The Morgan fingerprint density at radius 1 is 0.970 bits per heavy atom. The molecule has 0 bridgehead atoms. The Morgan fingerprint density at radius 2 is 1.61 bits per heavy atom. The van der Waals surface area contributed by atoms with Crippen LogP contribution in [0.3, 0.4) is 0 Å². The molecule has 0 spiro atoms. The lowest BCUT2D eigenvalue weighted by atomic mass is 10.1. The van der Waals surface area contributed by atoms with E-state index in [0.717, 1.165) is 4.31 Å². The lowest BCUT2D eigenvalue weighted by molar-refractivity contribution is 0.0939. The summed E-state index contributed by atoms with van der Waals surface area (Å²) >= 11 is 0. The van der Waals surface area contributed by atoms with Crippen LogP contribution in [0.4, 0.5) is 10.1 Å². The van der Waals surface area contributed by atoms with Gasteiger partial charge in [-0.1, -0.05) is 18.2 Å². The van der Waals surface area contributed by atoms with Gasteiger partial charge in [0.15, 0.2) is 11.6 Å². The van der Waals surface area contributed by atoms with E-state index < -0.39 is 27.8 Å². The number of carbonyl (C=O) groups excluding carboxylic acids is 1. The van der Waals surface area contributed by atoms with Gasteiger partial charge in [-0.05, 0) is 61.0 Å². The summed E-state index contributed by atoms with van der Waals surface area (Å²) in [6.07, 6.45) is 0. The third kappa shape index (κ3) is 5.09. The summed E-state index contributed by atoms with van der Waals surface area (Å²) in [7, 11) is 0.400. The molecule has 0 aromatic heterocycles. The minimum Gasteiger partial charge on any atom is -0.495 e. The van der Waals surface area contributed by atoms with Crippen molar-refractivity contribution in [2.75, 3.05) is 25.6 Å². The van der Waals surface area contributed by atoms with Crippen LogP contribution in [0.25, 0.3) is 0 Å². The first-order valence-corrected chi connectivity index (χ1v) is 11.5. The molecule has 174 valence electrons. The molecule has 9 heteroatoms. The van der Waals surface area contributed by atoms with Gasteiger partial charge in [0, 0.05) is 12.6 Å². The van der Waals surface area contributed by atoms with Crippen LogP contribution >= 0.6 is 0 Å². The first kappa shape index (κ1) is 24.1. The summed E-state index contributed by atoms with van der Waals surface area (Å²) in [6.45, 7) is 1.72. The second-order valence-electron chi connectivity index (χ2n) is 7.26. The first-order valence-electron chi connectivity index (χ1n) is 10.1. The monoisotopic (exact) mass is 472 g/mol. The number of halogens is 1. The second kappa shape index (κ2) is 9.91. The maximum atomic E-state index is 14.0. The van der Waals surface area contributed by atoms with Crippen molar-refractivity contribution in [2.45, 2.75) is 17.9 Å². The number of para-hydroxylation sites is 2. The number of anilines is 1. The van der Waals surface area contributed by atoms with E-state index in [-0.39, 0.29) is 16.2 Å². The number of carbonyl (C=O) groups is 1. The molecule has 0 heterocycles. The van der Waals surface area contributed by atoms with Crippen LogP contribution in [0.5, 0.6) is 11.5 Å². The Bertz CT molecular complexity index is 1250. The molecule has 0 aliphatic rings. The minimum atomic E-state index is -3.88. The Morgan fingerprint density at radius 3 is 2.21 bits per heavy atom. The van der Waals surface area contributed by atoms with Crippen LogP contribution in [-0.4, -0.2) is 35.6 Å². The van der Waals surface area contributed by atoms with Crippen LogP contribution in [0.1, 0.15) is 28.9 Å². The predicted octanol–water partition coefficient (Wildman–Crippen LogP) is 4.16. The van der Waals surface area contributed by atoms with E-state index in [0.29, 0.717) is 17.0 Å².